The molecule has 4 heteroatoms. The molecule has 0 aliphatic carbocycles. The van der Waals surface area contributed by atoms with Crippen molar-refractivity contribution in [3.63, 3.8) is 0 Å². The Morgan fingerprint density at radius 2 is 2.00 bits per heavy atom. The normalized spacial score (nSPS) is 11.8. The van der Waals surface area contributed by atoms with E-state index in [0.29, 0.717) is 4.64 Å². The maximum atomic E-state index is 5.19. The lowest BCUT2D eigenvalue weighted by molar-refractivity contribution is 0.557. The van der Waals surface area contributed by atoms with Crippen molar-refractivity contribution in [1.82, 2.24) is 9.97 Å². The van der Waals surface area contributed by atoms with E-state index in [2.05, 4.69) is 53.6 Å². The van der Waals surface area contributed by atoms with Gasteiger partial charge in [-0.2, -0.15) is 0 Å². The Hall–Kier alpha value is -0.220. The number of nitrogens with zero attached hydrogens (tertiary/aromatic N) is 1. The highest BCUT2D eigenvalue weighted by Crippen LogP contribution is 2.28. The van der Waals surface area contributed by atoms with Crippen molar-refractivity contribution in [2.45, 2.75) is 39.5 Å². The van der Waals surface area contributed by atoms with E-state index in [1.807, 2.05) is 0 Å². The Kier molecular flexibility index (Phi) is 3.48. The molecule has 0 atom stereocenters. The van der Waals surface area contributed by atoms with E-state index in [1.165, 1.54) is 0 Å². The van der Waals surface area contributed by atoms with Gasteiger partial charge in [-0.25, -0.2) is 4.98 Å². The van der Waals surface area contributed by atoms with Gasteiger partial charge >= 0.3 is 0 Å². The first-order valence-electron chi connectivity index (χ1n) is 4.65. The molecule has 0 fully saturated rings. The van der Waals surface area contributed by atoms with Crippen LogP contribution in [0.3, 0.4) is 0 Å². The summed E-state index contributed by atoms with van der Waals surface area (Å²) < 4.78 is 1.56. The molecule has 0 aliphatic heterocycles. The quantitative estimate of drug-likeness (QED) is 0.790. The summed E-state index contributed by atoms with van der Waals surface area (Å²) in [6, 6.07) is 0. The maximum Gasteiger partial charge on any atom is 0.144 e. The number of H-pyrrole nitrogens is 1. The minimum absolute atomic E-state index is 0.0548. The first kappa shape index (κ1) is 11.9. The number of hydrogen-bond acceptors (Lipinski definition) is 2. The van der Waals surface area contributed by atoms with Gasteiger partial charge in [0.05, 0.1) is 4.47 Å². The molecule has 0 aliphatic rings. The number of nitrogens with one attached hydrogen (secondary N) is 1. The minimum Gasteiger partial charge on any atom is -0.346 e. The van der Waals surface area contributed by atoms with Crippen molar-refractivity contribution in [3.05, 3.63) is 20.6 Å². The van der Waals surface area contributed by atoms with E-state index >= 15 is 0 Å². The van der Waals surface area contributed by atoms with Crippen LogP contribution in [0.4, 0.5) is 0 Å². The predicted molar refractivity (Wildman–Crippen MR) is 65.2 cm³/mol. The van der Waals surface area contributed by atoms with Gasteiger partial charge in [-0.1, -0.05) is 39.9 Å². The maximum absolute atomic E-state index is 5.19. The molecule has 0 radical (unpaired) electrons. The van der Waals surface area contributed by atoms with Crippen molar-refractivity contribution >= 4 is 28.1 Å². The molecule has 78 valence electrons. The summed E-state index contributed by atoms with van der Waals surface area (Å²) in [7, 11) is 0. The minimum atomic E-state index is 0.0548. The van der Waals surface area contributed by atoms with E-state index in [4.69, 9.17) is 12.2 Å². The second kappa shape index (κ2) is 4.11. The van der Waals surface area contributed by atoms with Crippen molar-refractivity contribution in [1.29, 1.82) is 0 Å². The summed E-state index contributed by atoms with van der Waals surface area (Å²) in [5, 5.41) is 0. The summed E-state index contributed by atoms with van der Waals surface area (Å²) in [5.41, 5.74) is 1.17. The third-order valence-electron chi connectivity index (χ3n) is 2.00. The molecule has 0 saturated carbocycles. The van der Waals surface area contributed by atoms with Crippen molar-refractivity contribution in [2.24, 2.45) is 0 Å². The van der Waals surface area contributed by atoms with Crippen LogP contribution in [0.25, 0.3) is 0 Å². The van der Waals surface area contributed by atoms with E-state index in [9.17, 15) is 0 Å². The zero-order chi connectivity index (χ0) is 10.9. The van der Waals surface area contributed by atoms with Gasteiger partial charge in [0.15, 0.2) is 0 Å². The van der Waals surface area contributed by atoms with Crippen LogP contribution in [0.5, 0.6) is 0 Å². The number of rotatable bonds is 1. The van der Waals surface area contributed by atoms with Crippen LogP contribution in [-0.2, 0) is 11.8 Å². The molecule has 0 unspecified atom stereocenters. The van der Waals surface area contributed by atoms with Crippen LogP contribution in [0.2, 0.25) is 0 Å². The molecular formula is C10H15BrN2S. The molecule has 0 bridgehead atoms. The van der Waals surface area contributed by atoms with Crippen LogP contribution in [0.1, 0.15) is 39.2 Å². The Balaban J connectivity index is 3.43. The molecule has 1 heterocycles. The second-order valence-electron chi connectivity index (χ2n) is 4.28. The van der Waals surface area contributed by atoms with Gasteiger partial charge in [-0.15, -0.1) is 0 Å². The monoisotopic (exact) mass is 274 g/mol. The summed E-state index contributed by atoms with van der Waals surface area (Å²) >= 11 is 8.67. The Labute approximate surface area is 98.3 Å². The largest absolute Gasteiger partial charge is 0.346 e. The van der Waals surface area contributed by atoms with Crippen LogP contribution < -0.4 is 0 Å². The van der Waals surface area contributed by atoms with Crippen LogP contribution >= 0.6 is 28.1 Å². The van der Waals surface area contributed by atoms with Gasteiger partial charge in [-0.3, -0.25) is 0 Å². The molecule has 1 rings (SSSR count). The molecule has 0 aromatic carbocycles. The lowest BCUT2D eigenvalue weighted by Gasteiger charge is -2.21. The predicted octanol–water partition coefficient (Wildman–Crippen LogP) is 3.76. The summed E-state index contributed by atoms with van der Waals surface area (Å²) in [4.78, 5) is 7.60. The zero-order valence-electron chi connectivity index (χ0n) is 8.94. The highest BCUT2D eigenvalue weighted by molar-refractivity contribution is 9.10. The van der Waals surface area contributed by atoms with Crippen LogP contribution in [0, 0.1) is 4.64 Å². The van der Waals surface area contributed by atoms with Crippen molar-refractivity contribution in [3.8, 4) is 0 Å². The summed E-state index contributed by atoms with van der Waals surface area (Å²) in [6.45, 7) is 8.52. The number of aryl methyl sites for hydroxylation is 1. The number of aromatic amines is 1. The molecule has 0 saturated heterocycles. The number of aromatic nitrogens is 2. The van der Waals surface area contributed by atoms with Gasteiger partial charge < -0.3 is 4.98 Å². The van der Waals surface area contributed by atoms with E-state index in [1.54, 1.807) is 0 Å². The average Bonchev–Trinajstić information content (AvgIpc) is 2.07. The molecule has 14 heavy (non-hydrogen) atoms. The first-order valence-corrected chi connectivity index (χ1v) is 5.85. The van der Waals surface area contributed by atoms with E-state index in [0.717, 1.165) is 22.4 Å². The third kappa shape index (κ3) is 2.42. The number of hydrogen-bond donors (Lipinski definition) is 1. The Morgan fingerprint density at radius 1 is 1.43 bits per heavy atom. The Bertz CT molecular complexity index is 390. The fourth-order valence-electron chi connectivity index (χ4n) is 1.19. The van der Waals surface area contributed by atoms with Gasteiger partial charge in [0.1, 0.15) is 10.5 Å². The summed E-state index contributed by atoms with van der Waals surface area (Å²) in [6.07, 6.45) is 0.875. The third-order valence-corrected chi connectivity index (χ3v) is 3.33. The zero-order valence-corrected chi connectivity index (χ0v) is 11.3. The topological polar surface area (TPSA) is 28.7 Å². The van der Waals surface area contributed by atoms with Gasteiger partial charge in [0.2, 0.25) is 0 Å². The molecular weight excluding hydrogens is 260 g/mol. The van der Waals surface area contributed by atoms with Crippen molar-refractivity contribution in [2.75, 3.05) is 0 Å². The SMILES string of the molecule is CCc1nc(=S)c(Br)c(C(C)(C)C)[nH]1. The summed E-state index contributed by atoms with van der Waals surface area (Å²) in [5.74, 6) is 0.947. The van der Waals surface area contributed by atoms with E-state index in [-0.39, 0.29) is 5.41 Å². The highest BCUT2D eigenvalue weighted by atomic mass is 79.9. The standard InChI is InChI=1S/C10H15BrN2S/c1-5-6-12-8(10(2,3)4)7(11)9(14)13-6/h5H2,1-4H3,(H,12,13,14). The Morgan fingerprint density at radius 3 is 2.43 bits per heavy atom. The van der Waals surface area contributed by atoms with Gasteiger partial charge in [0, 0.05) is 17.5 Å². The van der Waals surface area contributed by atoms with Gasteiger partial charge in [0.25, 0.3) is 0 Å². The van der Waals surface area contributed by atoms with E-state index < -0.39 is 0 Å². The number of halogens is 1. The van der Waals surface area contributed by atoms with Crippen molar-refractivity contribution < 1.29 is 0 Å². The fraction of sp³-hybridized carbons (Fsp3) is 0.600. The lowest BCUT2D eigenvalue weighted by Crippen LogP contribution is -2.16. The highest BCUT2D eigenvalue weighted by Gasteiger charge is 2.19. The van der Waals surface area contributed by atoms with Gasteiger partial charge in [-0.05, 0) is 15.9 Å². The molecule has 2 nitrogen and oxygen atoms in total. The molecule has 1 aromatic heterocycles. The smallest absolute Gasteiger partial charge is 0.144 e. The average molecular weight is 275 g/mol. The second-order valence-corrected chi connectivity index (χ2v) is 5.46. The van der Waals surface area contributed by atoms with Crippen LogP contribution in [-0.4, -0.2) is 9.97 Å². The van der Waals surface area contributed by atoms with Crippen LogP contribution in [0.15, 0.2) is 4.47 Å². The lowest BCUT2D eigenvalue weighted by atomic mass is 9.92. The fourth-order valence-corrected chi connectivity index (χ4v) is 2.18. The first-order chi connectivity index (χ1) is 6.36. The molecule has 1 aromatic rings. The molecule has 0 amide bonds. The molecule has 1 N–H and O–H groups in total. The molecule has 0 spiro atoms.